The second kappa shape index (κ2) is 4.08. The number of hydrogen-bond acceptors (Lipinski definition) is 2. The maximum Gasteiger partial charge on any atom is 0.157 e. The van der Waals surface area contributed by atoms with Crippen LogP contribution in [0.4, 0.5) is 0 Å². The van der Waals surface area contributed by atoms with E-state index in [2.05, 4.69) is 4.98 Å². The highest BCUT2D eigenvalue weighted by molar-refractivity contribution is 7.78. The molecule has 0 amide bonds. The van der Waals surface area contributed by atoms with Crippen molar-refractivity contribution in [2.75, 3.05) is 0 Å². The Morgan fingerprint density at radius 1 is 1.40 bits per heavy atom. The van der Waals surface area contributed by atoms with E-state index in [1.165, 1.54) is 0 Å². The average molecular weight is 221 g/mol. The van der Waals surface area contributed by atoms with E-state index < -0.39 is 11.1 Å². The van der Waals surface area contributed by atoms with Gasteiger partial charge in [-0.15, -0.1) is 0 Å². The van der Waals surface area contributed by atoms with Crippen LogP contribution in [0.25, 0.3) is 10.9 Å². The van der Waals surface area contributed by atoms with Gasteiger partial charge in [-0.25, -0.2) is 4.21 Å². The molecule has 0 aliphatic heterocycles. The van der Waals surface area contributed by atoms with E-state index in [1.807, 2.05) is 31.2 Å². The van der Waals surface area contributed by atoms with Crippen molar-refractivity contribution in [3.63, 3.8) is 0 Å². The van der Waals surface area contributed by atoms with Crippen LogP contribution in [-0.2, 0) is 16.8 Å². The zero-order chi connectivity index (χ0) is 10.8. The number of fused-ring (bicyclic) bond motifs is 1. The number of nitrogens with zero attached hydrogens (tertiary/aromatic N) is 1. The van der Waals surface area contributed by atoms with Gasteiger partial charge in [0.1, 0.15) is 0 Å². The third-order valence-electron chi connectivity index (χ3n) is 2.31. The summed E-state index contributed by atoms with van der Waals surface area (Å²) >= 11 is -1.79. The summed E-state index contributed by atoms with van der Waals surface area (Å²) in [6.45, 7) is 2.00. The van der Waals surface area contributed by atoms with Crippen molar-refractivity contribution in [3.05, 3.63) is 41.6 Å². The summed E-state index contributed by atoms with van der Waals surface area (Å²) in [5.74, 6) is 0.171. The number of hydrogen-bond donors (Lipinski definition) is 1. The SMILES string of the molecule is Cc1ccnc2ccc(CS(=O)O)cc12. The first-order valence-corrected chi connectivity index (χ1v) is 5.86. The van der Waals surface area contributed by atoms with Gasteiger partial charge in [-0.3, -0.25) is 4.98 Å². The van der Waals surface area contributed by atoms with Gasteiger partial charge in [-0.2, -0.15) is 0 Å². The zero-order valence-electron chi connectivity index (χ0n) is 8.30. The Bertz CT molecular complexity index is 525. The van der Waals surface area contributed by atoms with E-state index in [-0.39, 0.29) is 5.75 Å². The molecule has 1 aromatic heterocycles. The molecule has 0 aliphatic rings. The summed E-state index contributed by atoms with van der Waals surface area (Å²) in [7, 11) is 0. The fourth-order valence-corrected chi connectivity index (χ4v) is 2.03. The van der Waals surface area contributed by atoms with Crippen molar-refractivity contribution in [3.8, 4) is 0 Å². The fourth-order valence-electron chi connectivity index (χ4n) is 1.56. The van der Waals surface area contributed by atoms with Crippen LogP contribution in [0.15, 0.2) is 30.5 Å². The lowest BCUT2D eigenvalue weighted by molar-refractivity contribution is 0.563. The predicted molar refractivity (Wildman–Crippen MR) is 61.0 cm³/mol. The Morgan fingerprint density at radius 2 is 2.20 bits per heavy atom. The summed E-state index contributed by atoms with van der Waals surface area (Å²) in [5.41, 5.74) is 2.91. The van der Waals surface area contributed by atoms with Crippen molar-refractivity contribution in [2.45, 2.75) is 12.7 Å². The monoisotopic (exact) mass is 221 g/mol. The second-order valence-electron chi connectivity index (χ2n) is 3.45. The van der Waals surface area contributed by atoms with Crippen LogP contribution in [-0.4, -0.2) is 13.7 Å². The van der Waals surface area contributed by atoms with Crippen LogP contribution in [0, 0.1) is 6.92 Å². The van der Waals surface area contributed by atoms with Crippen LogP contribution < -0.4 is 0 Å². The van der Waals surface area contributed by atoms with E-state index in [0.29, 0.717) is 0 Å². The minimum absolute atomic E-state index is 0.171. The molecule has 0 spiro atoms. The predicted octanol–water partition coefficient (Wildman–Crippen LogP) is 2.26. The third-order valence-corrected chi connectivity index (χ3v) is 2.89. The molecular formula is C11H11NO2S. The van der Waals surface area contributed by atoms with Crippen molar-refractivity contribution in [1.29, 1.82) is 0 Å². The topological polar surface area (TPSA) is 50.2 Å². The first-order chi connectivity index (χ1) is 7.16. The van der Waals surface area contributed by atoms with Gasteiger partial charge in [0, 0.05) is 11.6 Å². The standard InChI is InChI=1S/C11H11NO2S/c1-8-4-5-12-11-3-2-9(6-10(8)11)7-15(13)14/h2-6H,7H2,1H3,(H,13,14). The summed E-state index contributed by atoms with van der Waals surface area (Å²) in [6, 6.07) is 7.57. The maximum absolute atomic E-state index is 10.7. The molecule has 1 heterocycles. The van der Waals surface area contributed by atoms with E-state index in [1.54, 1.807) is 6.20 Å². The van der Waals surface area contributed by atoms with Crippen LogP contribution in [0.5, 0.6) is 0 Å². The van der Waals surface area contributed by atoms with E-state index in [9.17, 15) is 4.21 Å². The molecule has 4 heteroatoms. The Kier molecular flexibility index (Phi) is 2.79. The first kappa shape index (κ1) is 10.3. The molecule has 0 saturated carbocycles. The Balaban J connectivity index is 2.54. The molecule has 0 bridgehead atoms. The van der Waals surface area contributed by atoms with Gasteiger partial charge in [0.15, 0.2) is 11.1 Å². The van der Waals surface area contributed by atoms with Gasteiger partial charge in [-0.05, 0) is 36.2 Å². The molecule has 0 radical (unpaired) electrons. The van der Waals surface area contributed by atoms with Gasteiger partial charge in [0.25, 0.3) is 0 Å². The average Bonchev–Trinajstić information content (AvgIpc) is 2.18. The van der Waals surface area contributed by atoms with E-state index in [4.69, 9.17) is 4.55 Å². The molecule has 15 heavy (non-hydrogen) atoms. The van der Waals surface area contributed by atoms with E-state index in [0.717, 1.165) is 22.0 Å². The molecule has 1 aromatic carbocycles. The molecule has 3 nitrogen and oxygen atoms in total. The van der Waals surface area contributed by atoms with Crippen molar-refractivity contribution < 1.29 is 8.76 Å². The van der Waals surface area contributed by atoms with Crippen LogP contribution in [0.1, 0.15) is 11.1 Å². The van der Waals surface area contributed by atoms with Gasteiger partial charge in [0.2, 0.25) is 0 Å². The van der Waals surface area contributed by atoms with Gasteiger partial charge in [0.05, 0.1) is 11.3 Å². The lowest BCUT2D eigenvalue weighted by atomic mass is 10.1. The van der Waals surface area contributed by atoms with Crippen molar-refractivity contribution in [2.24, 2.45) is 0 Å². The van der Waals surface area contributed by atoms with Crippen LogP contribution in [0.3, 0.4) is 0 Å². The molecule has 2 rings (SSSR count). The van der Waals surface area contributed by atoms with Crippen LogP contribution in [0.2, 0.25) is 0 Å². The lowest BCUT2D eigenvalue weighted by Crippen LogP contribution is -1.93. The highest BCUT2D eigenvalue weighted by Crippen LogP contribution is 2.18. The highest BCUT2D eigenvalue weighted by Gasteiger charge is 2.02. The summed E-state index contributed by atoms with van der Waals surface area (Å²) in [4.78, 5) is 4.22. The van der Waals surface area contributed by atoms with Gasteiger partial charge >= 0.3 is 0 Å². The van der Waals surface area contributed by atoms with Crippen molar-refractivity contribution >= 4 is 22.0 Å². The fraction of sp³-hybridized carbons (Fsp3) is 0.182. The Hall–Kier alpha value is -1.26. The number of aromatic nitrogens is 1. The second-order valence-corrected chi connectivity index (χ2v) is 4.38. The molecule has 0 saturated heterocycles. The number of rotatable bonds is 2. The normalized spacial score (nSPS) is 12.9. The highest BCUT2D eigenvalue weighted by atomic mass is 32.2. The molecular weight excluding hydrogens is 210 g/mol. The molecule has 1 atom stereocenters. The quantitative estimate of drug-likeness (QED) is 0.791. The first-order valence-electron chi connectivity index (χ1n) is 4.58. The maximum atomic E-state index is 10.7. The van der Waals surface area contributed by atoms with Crippen molar-refractivity contribution in [1.82, 2.24) is 4.98 Å². The molecule has 1 N–H and O–H groups in total. The van der Waals surface area contributed by atoms with Crippen LogP contribution >= 0.6 is 0 Å². The van der Waals surface area contributed by atoms with Gasteiger partial charge in [-0.1, -0.05) is 6.07 Å². The molecule has 1 unspecified atom stereocenters. The lowest BCUT2D eigenvalue weighted by Gasteiger charge is -2.03. The smallest absolute Gasteiger partial charge is 0.157 e. The number of benzene rings is 1. The molecule has 78 valence electrons. The molecule has 0 aliphatic carbocycles. The molecule has 2 aromatic rings. The summed E-state index contributed by atoms with van der Waals surface area (Å²) in [5, 5.41) is 1.04. The molecule has 0 fully saturated rings. The minimum atomic E-state index is -1.79. The summed E-state index contributed by atoms with van der Waals surface area (Å²) in [6.07, 6.45) is 1.77. The Morgan fingerprint density at radius 3 is 2.93 bits per heavy atom. The van der Waals surface area contributed by atoms with E-state index >= 15 is 0 Å². The minimum Gasteiger partial charge on any atom is -0.306 e. The Labute approximate surface area is 90.4 Å². The zero-order valence-corrected chi connectivity index (χ0v) is 9.12. The largest absolute Gasteiger partial charge is 0.306 e. The summed E-state index contributed by atoms with van der Waals surface area (Å²) < 4.78 is 19.5. The van der Waals surface area contributed by atoms with Gasteiger partial charge < -0.3 is 4.55 Å². The number of aryl methyl sites for hydroxylation is 1. The number of pyridine rings is 1. The third kappa shape index (κ3) is 2.22.